The fraction of sp³-hybridized carbons (Fsp3) is 0.588. The molecule has 8 nitrogen and oxygen atoms in total. The van der Waals surface area contributed by atoms with Crippen LogP contribution in [0.15, 0.2) is 23.2 Å². The number of nitrogens with zero attached hydrogens (tertiary/aromatic N) is 4. The molecule has 2 saturated heterocycles. The molecule has 2 atom stereocenters. The zero-order valence-electron chi connectivity index (χ0n) is 14.4. The summed E-state index contributed by atoms with van der Waals surface area (Å²) in [6.45, 7) is 9.69. The molecule has 2 fully saturated rings. The minimum absolute atomic E-state index is 0.106. The summed E-state index contributed by atoms with van der Waals surface area (Å²) in [6, 6.07) is 1.75. The molecule has 3 heterocycles. The SMILES string of the molecule is C=CCN1CC(C(=O)O)CN2CCN(C(=O)c3cc(C)on3)CC2C1. The van der Waals surface area contributed by atoms with Gasteiger partial charge >= 0.3 is 5.97 Å². The van der Waals surface area contributed by atoms with Gasteiger partial charge in [0.15, 0.2) is 5.69 Å². The van der Waals surface area contributed by atoms with Crippen LogP contribution in [0.25, 0.3) is 0 Å². The lowest BCUT2D eigenvalue weighted by Crippen LogP contribution is -2.57. The third kappa shape index (κ3) is 3.91. The van der Waals surface area contributed by atoms with E-state index in [2.05, 4.69) is 21.5 Å². The Bertz CT molecular complexity index is 659. The molecule has 0 aliphatic carbocycles. The van der Waals surface area contributed by atoms with Crippen LogP contribution in [-0.2, 0) is 4.79 Å². The average Bonchev–Trinajstić information content (AvgIpc) is 2.92. The number of carboxylic acid groups (broad SMARTS) is 1. The van der Waals surface area contributed by atoms with Gasteiger partial charge in [-0.2, -0.15) is 0 Å². The van der Waals surface area contributed by atoms with Crippen LogP contribution in [0, 0.1) is 12.8 Å². The largest absolute Gasteiger partial charge is 0.481 e. The molecule has 25 heavy (non-hydrogen) atoms. The van der Waals surface area contributed by atoms with Crippen molar-refractivity contribution in [2.75, 3.05) is 45.8 Å². The van der Waals surface area contributed by atoms with Crippen LogP contribution < -0.4 is 0 Å². The Morgan fingerprint density at radius 3 is 2.80 bits per heavy atom. The number of piperazine rings is 1. The fourth-order valence-electron chi connectivity index (χ4n) is 3.63. The summed E-state index contributed by atoms with van der Waals surface area (Å²) in [7, 11) is 0. The zero-order chi connectivity index (χ0) is 18.0. The molecule has 1 aromatic heterocycles. The molecule has 2 aliphatic rings. The first-order valence-electron chi connectivity index (χ1n) is 8.50. The summed E-state index contributed by atoms with van der Waals surface area (Å²) in [5.74, 6) is -0.722. The van der Waals surface area contributed by atoms with Crippen LogP contribution in [0.1, 0.15) is 16.2 Å². The zero-order valence-corrected chi connectivity index (χ0v) is 14.4. The number of fused-ring (bicyclic) bond motifs is 1. The Morgan fingerprint density at radius 2 is 2.16 bits per heavy atom. The molecule has 1 N–H and O–H groups in total. The second kappa shape index (κ2) is 7.37. The van der Waals surface area contributed by atoms with Crippen molar-refractivity contribution < 1.29 is 19.2 Å². The Hall–Kier alpha value is -2.19. The van der Waals surface area contributed by atoms with E-state index in [1.54, 1.807) is 24.0 Å². The highest BCUT2D eigenvalue weighted by molar-refractivity contribution is 5.92. The summed E-state index contributed by atoms with van der Waals surface area (Å²) in [6.07, 6.45) is 1.79. The van der Waals surface area contributed by atoms with Crippen LogP contribution in [-0.4, -0.2) is 88.7 Å². The predicted molar refractivity (Wildman–Crippen MR) is 90.3 cm³/mol. The molecule has 136 valence electrons. The molecule has 0 bridgehead atoms. The van der Waals surface area contributed by atoms with Gasteiger partial charge in [0.1, 0.15) is 5.76 Å². The maximum atomic E-state index is 12.6. The van der Waals surface area contributed by atoms with E-state index in [1.165, 1.54) is 0 Å². The van der Waals surface area contributed by atoms with E-state index in [-0.39, 0.29) is 11.9 Å². The number of aryl methyl sites for hydroxylation is 1. The van der Waals surface area contributed by atoms with Crippen molar-refractivity contribution in [3.8, 4) is 0 Å². The number of carbonyl (C=O) groups excluding carboxylic acids is 1. The number of carboxylic acids is 1. The monoisotopic (exact) mass is 348 g/mol. The van der Waals surface area contributed by atoms with E-state index in [0.717, 1.165) is 6.54 Å². The summed E-state index contributed by atoms with van der Waals surface area (Å²) < 4.78 is 5.00. The first kappa shape index (κ1) is 17.6. The standard InChI is InChI=1S/C17H24N4O4/c1-3-4-19-8-13(17(23)24)9-20-5-6-21(11-14(20)10-19)16(22)15-7-12(2)25-18-15/h3,7,13-14H,1,4-6,8-11H2,2H3,(H,23,24). The summed E-state index contributed by atoms with van der Waals surface area (Å²) >= 11 is 0. The van der Waals surface area contributed by atoms with E-state index < -0.39 is 11.9 Å². The smallest absolute Gasteiger partial charge is 0.309 e. The predicted octanol–water partition coefficient (Wildman–Crippen LogP) is 0.312. The topological polar surface area (TPSA) is 90.1 Å². The Morgan fingerprint density at radius 1 is 1.36 bits per heavy atom. The number of hydrogen-bond acceptors (Lipinski definition) is 6. The first-order chi connectivity index (χ1) is 12.0. The highest BCUT2D eigenvalue weighted by Crippen LogP contribution is 2.20. The Labute approximate surface area is 146 Å². The molecule has 0 radical (unpaired) electrons. The van der Waals surface area contributed by atoms with Gasteiger partial charge in [0.25, 0.3) is 5.91 Å². The van der Waals surface area contributed by atoms with Crippen LogP contribution in [0.5, 0.6) is 0 Å². The maximum absolute atomic E-state index is 12.6. The van der Waals surface area contributed by atoms with E-state index in [0.29, 0.717) is 50.7 Å². The molecule has 3 rings (SSSR count). The van der Waals surface area contributed by atoms with Crippen molar-refractivity contribution in [2.24, 2.45) is 5.92 Å². The first-order valence-corrected chi connectivity index (χ1v) is 8.50. The molecule has 8 heteroatoms. The van der Waals surface area contributed by atoms with Gasteiger partial charge in [0, 0.05) is 57.9 Å². The van der Waals surface area contributed by atoms with Crippen molar-refractivity contribution in [3.05, 3.63) is 30.2 Å². The third-order valence-electron chi connectivity index (χ3n) is 4.88. The Balaban J connectivity index is 1.72. The number of aromatic nitrogens is 1. The van der Waals surface area contributed by atoms with Crippen molar-refractivity contribution in [1.82, 2.24) is 19.9 Å². The quantitative estimate of drug-likeness (QED) is 0.783. The molecule has 0 spiro atoms. The lowest BCUT2D eigenvalue weighted by atomic mass is 10.1. The van der Waals surface area contributed by atoms with Gasteiger partial charge in [-0.05, 0) is 6.92 Å². The van der Waals surface area contributed by atoms with E-state index in [4.69, 9.17) is 4.52 Å². The number of hydrogen-bond donors (Lipinski definition) is 1. The van der Waals surface area contributed by atoms with Gasteiger partial charge in [0.2, 0.25) is 0 Å². The summed E-state index contributed by atoms with van der Waals surface area (Å²) in [5.41, 5.74) is 0.325. The molecule has 2 unspecified atom stereocenters. The lowest BCUT2D eigenvalue weighted by molar-refractivity contribution is -0.142. The minimum Gasteiger partial charge on any atom is -0.481 e. The average molecular weight is 348 g/mol. The van der Waals surface area contributed by atoms with Crippen molar-refractivity contribution in [1.29, 1.82) is 0 Å². The molecule has 0 aromatic carbocycles. The second-order valence-electron chi connectivity index (χ2n) is 6.77. The van der Waals surface area contributed by atoms with E-state index in [1.807, 2.05) is 0 Å². The molecule has 1 amide bonds. The van der Waals surface area contributed by atoms with Gasteiger partial charge < -0.3 is 14.5 Å². The van der Waals surface area contributed by atoms with Gasteiger partial charge in [0.05, 0.1) is 5.92 Å². The number of rotatable bonds is 4. The highest BCUT2D eigenvalue weighted by atomic mass is 16.5. The van der Waals surface area contributed by atoms with Gasteiger partial charge in [-0.15, -0.1) is 6.58 Å². The van der Waals surface area contributed by atoms with Gasteiger partial charge in [-0.1, -0.05) is 11.2 Å². The normalized spacial score (nSPS) is 25.2. The minimum atomic E-state index is -0.772. The summed E-state index contributed by atoms with van der Waals surface area (Å²) in [4.78, 5) is 30.2. The number of carbonyl (C=O) groups is 2. The fourth-order valence-corrected chi connectivity index (χ4v) is 3.63. The van der Waals surface area contributed by atoms with Crippen LogP contribution >= 0.6 is 0 Å². The van der Waals surface area contributed by atoms with E-state index in [9.17, 15) is 14.7 Å². The Kier molecular flexibility index (Phi) is 5.19. The van der Waals surface area contributed by atoms with Crippen LogP contribution in [0.3, 0.4) is 0 Å². The molecular formula is C17H24N4O4. The lowest BCUT2D eigenvalue weighted by Gasteiger charge is -2.41. The summed E-state index contributed by atoms with van der Waals surface area (Å²) in [5, 5.41) is 13.3. The van der Waals surface area contributed by atoms with Gasteiger partial charge in [-0.25, -0.2) is 0 Å². The van der Waals surface area contributed by atoms with Crippen LogP contribution in [0.2, 0.25) is 0 Å². The van der Waals surface area contributed by atoms with Crippen molar-refractivity contribution >= 4 is 11.9 Å². The van der Waals surface area contributed by atoms with Crippen molar-refractivity contribution in [2.45, 2.75) is 13.0 Å². The molecular weight excluding hydrogens is 324 g/mol. The second-order valence-corrected chi connectivity index (χ2v) is 6.77. The number of aliphatic carboxylic acids is 1. The van der Waals surface area contributed by atoms with Crippen molar-refractivity contribution in [3.63, 3.8) is 0 Å². The molecule has 2 aliphatic heterocycles. The molecule has 0 saturated carbocycles. The third-order valence-corrected chi connectivity index (χ3v) is 4.88. The number of amides is 1. The maximum Gasteiger partial charge on any atom is 0.309 e. The highest BCUT2D eigenvalue weighted by Gasteiger charge is 2.37. The molecule has 1 aromatic rings. The van der Waals surface area contributed by atoms with Gasteiger partial charge in [-0.3, -0.25) is 19.4 Å². The van der Waals surface area contributed by atoms with E-state index >= 15 is 0 Å². The van der Waals surface area contributed by atoms with Crippen LogP contribution in [0.4, 0.5) is 0 Å².